The van der Waals surface area contributed by atoms with E-state index in [9.17, 15) is 4.39 Å². The summed E-state index contributed by atoms with van der Waals surface area (Å²) >= 11 is 7.39. The van der Waals surface area contributed by atoms with Gasteiger partial charge < -0.3 is 5.32 Å². The van der Waals surface area contributed by atoms with Crippen LogP contribution in [0.4, 0.5) is 4.39 Å². The van der Waals surface area contributed by atoms with Gasteiger partial charge in [-0.1, -0.05) is 17.7 Å². The van der Waals surface area contributed by atoms with E-state index in [1.165, 1.54) is 6.07 Å². The molecule has 5 heteroatoms. The molecule has 0 amide bonds. The van der Waals surface area contributed by atoms with Crippen LogP contribution in [-0.4, -0.2) is 12.0 Å². The fourth-order valence-electron chi connectivity index (χ4n) is 2.34. The van der Waals surface area contributed by atoms with Crippen molar-refractivity contribution >= 4 is 33.2 Å². The molecule has 2 aromatic heterocycles. The molecule has 0 fully saturated rings. The average Bonchev–Trinajstić information content (AvgIpc) is 2.95. The van der Waals surface area contributed by atoms with Crippen LogP contribution in [0.25, 0.3) is 10.2 Å². The van der Waals surface area contributed by atoms with Crippen LogP contribution in [0.5, 0.6) is 0 Å². The van der Waals surface area contributed by atoms with E-state index in [2.05, 4.69) is 16.4 Å². The summed E-state index contributed by atoms with van der Waals surface area (Å²) in [6, 6.07) is 9.17. The summed E-state index contributed by atoms with van der Waals surface area (Å²) in [7, 11) is 1.90. The normalized spacial score (nSPS) is 12.7. The number of nitrogens with zero attached hydrogens (tertiary/aromatic N) is 1. The highest BCUT2D eigenvalue weighted by Gasteiger charge is 2.13. The van der Waals surface area contributed by atoms with E-state index >= 15 is 0 Å². The molecule has 0 saturated heterocycles. The van der Waals surface area contributed by atoms with Crippen molar-refractivity contribution in [1.82, 2.24) is 10.3 Å². The molecule has 3 aromatic rings. The van der Waals surface area contributed by atoms with Crippen LogP contribution >= 0.6 is 22.9 Å². The number of aromatic nitrogens is 1. The number of likely N-dealkylation sites (N-methyl/N-ethyl adjacent to an activating group) is 1. The van der Waals surface area contributed by atoms with Crippen molar-refractivity contribution in [2.75, 3.05) is 7.05 Å². The average molecular weight is 321 g/mol. The summed E-state index contributed by atoms with van der Waals surface area (Å²) in [4.78, 5) is 4.46. The Morgan fingerprint density at radius 2 is 2.19 bits per heavy atom. The van der Waals surface area contributed by atoms with Gasteiger partial charge in [-0.2, -0.15) is 0 Å². The quantitative estimate of drug-likeness (QED) is 0.760. The first-order valence-electron chi connectivity index (χ1n) is 6.61. The highest BCUT2D eigenvalue weighted by atomic mass is 35.5. The Balaban J connectivity index is 1.88. The number of rotatable bonds is 4. The highest BCUT2D eigenvalue weighted by molar-refractivity contribution is 7.17. The maximum Gasteiger partial charge on any atom is 0.142 e. The Morgan fingerprint density at radius 3 is 2.95 bits per heavy atom. The minimum absolute atomic E-state index is 0.0876. The SMILES string of the molecule is CNC(Cc1ccc(Cl)c(F)c1)c1cnc2ccsc2c1. The lowest BCUT2D eigenvalue weighted by Gasteiger charge is -2.16. The maximum atomic E-state index is 13.5. The molecule has 0 spiro atoms. The number of thiophene rings is 1. The summed E-state index contributed by atoms with van der Waals surface area (Å²) in [6.07, 6.45) is 2.56. The molecule has 1 aromatic carbocycles. The highest BCUT2D eigenvalue weighted by Crippen LogP contribution is 2.25. The van der Waals surface area contributed by atoms with Gasteiger partial charge in [0.05, 0.1) is 15.2 Å². The van der Waals surface area contributed by atoms with Gasteiger partial charge in [-0.15, -0.1) is 11.3 Å². The second-order valence-corrected chi connectivity index (χ2v) is 6.22. The van der Waals surface area contributed by atoms with E-state index in [1.54, 1.807) is 17.4 Å². The zero-order valence-corrected chi connectivity index (χ0v) is 13.0. The van der Waals surface area contributed by atoms with Gasteiger partial charge in [0.15, 0.2) is 0 Å². The van der Waals surface area contributed by atoms with Crippen LogP contribution in [0.1, 0.15) is 17.2 Å². The Bertz CT molecular complexity index is 772. The molecule has 1 unspecified atom stereocenters. The summed E-state index contributed by atoms with van der Waals surface area (Å²) < 4.78 is 14.7. The molecule has 0 aliphatic carbocycles. The van der Waals surface area contributed by atoms with Gasteiger partial charge in [-0.3, -0.25) is 4.98 Å². The number of pyridine rings is 1. The Morgan fingerprint density at radius 1 is 1.33 bits per heavy atom. The lowest BCUT2D eigenvalue weighted by molar-refractivity contribution is 0.583. The third kappa shape index (κ3) is 3.07. The summed E-state index contributed by atoms with van der Waals surface area (Å²) in [5, 5.41) is 5.45. The first kappa shape index (κ1) is 14.4. The van der Waals surface area contributed by atoms with Gasteiger partial charge in [0, 0.05) is 12.2 Å². The molecule has 2 nitrogen and oxygen atoms in total. The van der Waals surface area contributed by atoms with E-state index in [-0.39, 0.29) is 16.9 Å². The Hall–Kier alpha value is -1.49. The van der Waals surface area contributed by atoms with Crippen LogP contribution in [-0.2, 0) is 6.42 Å². The van der Waals surface area contributed by atoms with Crippen molar-refractivity contribution in [2.45, 2.75) is 12.5 Å². The molecule has 0 aliphatic rings. The van der Waals surface area contributed by atoms with E-state index in [0.29, 0.717) is 6.42 Å². The minimum atomic E-state index is -0.379. The summed E-state index contributed by atoms with van der Waals surface area (Å²) in [5.74, 6) is -0.379. The van der Waals surface area contributed by atoms with E-state index in [4.69, 9.17) is 11.6 Å². The van der Waals surface area contributed by atoms with Crippen LogP contribution in [0.3, 0.4) is 0 Å². The van der Waals surface area contributed by atoms with E-state index < -0.39 is 0 Å². The predicted molar refractivity (Wildman–Crippen MR) is 86.5 cm³/mol. The van der Waals surface area contributed by atoms with Gasteiger partial charge >= 0.3 is 0 Å². The zero-order chi connectivity index (χ0) is 14.8. The van der Waals surface area contributed by atoms with Gasteiger partial charge in [0.1, 0.15) is 5.82 Å². The number of hydrogen-bond donors (Lipinski definition) is 1. The smallest absolute Gasteiger partial charge is 0.142 e. The van der Waals surface area contributed by atoms with Gasteiger partial charge in [-0.25, -0.2) is 4.39 Å². The van der Waals surface area contributed by atoms with Crippen molar-refractivity contribution in [1.29, 1.82) is 0 Å². The molecule has 1 atom stereocenters. The number of benzene rings is 1. The van der Waals surface area contributed by atoms with Crippen molar-refractivity contribution in [3.63, 3.8) is 0 Å². The third-order valence-corrected chi connectivity index (χ3v) is 4.66. The largest absolute Gasteiger partial charge is 0.313 e. The van der Waals surface area contributed by atoms with Gasteiger partial charge in [-0.05, 0) is 54.2 Å². The molecule has 0 bridgehead atoms. The predicted octanol–water partition coefficient (Wildman–Crippen LogP) is 4.59. The molecular formula is C16H14ClFN2S. The first-order valence-corrected chi connectivity index (χ1v) is 7.87. The van der Waals surface area contributed by atoms with Gasteiger partial charge in [0.2, 0.25) is 0 Å². The lowest BCUT2D eigenvalue weighted by Crippen LogP contribution is -2.19. The second kappa shape index (κ2) is 6.10. The monoisotopic (exact) mass is 320 g/mol. The van der Waals surface area contributed by atoms with Crippen LogP contribution in [0.2, 0.25) is 5.02 Å². The first-order chi connectivity index (χ1) is 10.2. The summed E-state index contributed by atoms with van der Waals surface area (Å²) in [6.45, 7) is 0. The van der Waals surface area contributed by atoms with Crippen LogP contribution in [0.15, 0.2) is 41.9 Å². The van der Waals surface area contributed by atoms with E-state index in [1.807, 2.05) is 30.8 Å². The van der Waals surface area contributed by atoms with Crippen LogP contribution < -0.4 is 5.32 Å². The molecule has 21 heavy (non-hydrogen) atoms. The fourth-order valence-corrected chi connectivity index (χ4v) is 3.25. The van der Waals surface area contributed by atoms with Crippen molar-refractivity contribution in [3.8, 4) is 0 Å². The molecular weight excluding hydrogens is 307 g/mol. The summed E-state index contributed by atoms with van der Waals surface area (Å²) in [5.41, 5.74) is 3.02. The number of fused-ring (bicyclic) bond motifs is 1. The minimum Gasteiger partial charge on any atom is -0.313 e. The fraction of sp³-hybridized carbons (Fsp3) is 0.188. The molecule has 3 rings (SSSR count). The number of halogens is 2. The van der Waals surface area contributed by atoms with Crippen LogP contribution in [0, 0.1) is 5.82 Å². The Kier molecular flexibility index (Phi) is 4.19. The van der Waals surface area contributed by atoms with Crippen molar-refractivity contribution in [2.24, 2.45) is 0 Å². The molecule has 108 valence electrons. The number of hydrogen-bond acceptors (Lipinski definition) is 3. The van der Waals surface area contributed by atoms with Crippen molar-refractivity contribution in [3.05, 3.63) is 63.9 Å². The van der Waals surface area contributed by atoms with Crippen molar-refractivity contribution < 1.29 is 4.39 Å². The second-order valence-electron chi connectivity index (χ2n) is 4.87. The molecule has 0 radical (unpaired) electrons. The maximum absolute atomic E-state index is 13.5. The molecule has 2 heterocycles. The molecule has 0 aliphatic heterocycles. The zero-order valence-electron chi connectivity index (χ0n) is 11.4. The number of nitrogens with one attached hydrogen (secondary N) is 1. The molecule has 0 saturated carbocycles. The lowest BCUT2D eigenvalue weighted by atomic mass is 10.00. The van der Waals surface area contributed by atoms with E-state index in [0.717, 1.165) is 21.3 Å². The van der Waals surface area contributed by atoms with Gasteiger partial charge in [0.25, 0.3) is 0 Å². The Labute approximate surface area is 131 Å². The topological polar surface area (TPSA) is 24.9 Å². The molecule has 1 N–H and O–H groups in total. The third-order valence-electron chi connectivity index (χ3n) is 3.50. The standard InChI is InChI=1S/C16H14ClFN2S/c1-19-15(7-10-2-3-12(17)13(18)6-10)11-8-16-14(20-9-11)4-5-21-16/h2-6,8-9,15,19H,7H2,1H3.